The monoisotopic (exact) mass is 1180 g/mol. The third-order valence-corrected chi connectivity index (χ3v) is 22.4. The SMILES string of the molecule is CC=C1COCC1=CC(/C=C/Cc1ccc(-c2cc3c(OCC(C)C)c4sc(-c5ccc(/C=C/C)s5)cc4c(COC(C)C)c3s2)s1)=C([C]#[Os])[P+](c1ccccc1)(c1ccccc1)c1ccccc1. The van der Waals surface area contributed by atoms with Gasteiger partial charge in [-0.05, 0) is 51.0 Å². The molecule has 9 rings (SSSR count). The average molecular weight is 1180 g/mol. The van der Waals surface area contributed by atoms with Crippen LogP contribution in [0.1, 0.15) is 56.9 Å². The Morgan fingerprint density at radius 1 is 0.710 bits per heavy atom. The van der Waals surface area contributed by atoms with Gasteiger partial charge in [0.2, 0.25) is 0 Å². The Bertz CT molecular complexity index is 3100. The molecule has 0 unspecified atom stereocenters. The first-order valence-corrected chi connectivity index (χ1v) is 29.9. The van der Waals surface area contributed by atoms with Crippen molar-refractivity contribution in [3.8, 4) is 29.6 Å². The van der Waals surface area contributed by atoms with Crippen LogP contribution >= 0.6 is 52.6 Å². The molecular weight excluding hydrogens is 1120 g/mol. The van der Waals surface area contributed by atoms with E-state index in [2.05, 4.69) is 210 Å². The Hall–Kier alpha value is -4.53. The van der Waals surface area contributed by atoms with E-state index in [9.17, 15) is 0 Å². The van der Waals surface area contributed by atoms with Gasteiger partial charge in [-0.2, -0.15) is 0 Å². The van der Waals surface area contributed by atoms with Crippen molar-refractivity contribution < 1.29 is 32.2 Å². The van der Waals surface area contributed by atoms with Crippen LogP contribution in [-0.4, -0.2) is 25.9 Å². The second-order valence-corrected chi connectivity index (χ2v) is 26.1. The summed E-state index contributed by atoms with van der Waals surface area (Å²) >= 11 is 9.25. The van der Waals surface area contributed by atoms with Crippen LogP contribution in [0.25, 0.3) is 45.8 Å². The summed E-state index contributed by atoms with van der Waals surface area (Å²) in [5.41, 5.74) is 4.88. The molecule has 0 spiro atoms. The van der Waals surface area contributed by atoms with E-state index in [1.165, 1.54) is 92.9 Å². The van der Waals surface area contributed by atoms with Gasteiger partial charge in [-0.25, -0.2) is 0 Å². The molecule has 1 saturated heterocycles. The minimum absolute atomic E-state index is 0.110. The van der Waals surface area contributed by atoms with Crippen molar-refractivity contribution in [2.45, 2.75) is 60.7 Å². The van der Waals surface area contributed by atoms with Crippen LogP contribution < -0.4 is 20.7 Å². The molecule has 0 atom stereocenters. The van der Waals surface area contributed by atoms with Gasteiger partial charge in [0.25, 0.3) is 0 Å². The topological polar surface area (TPSA) is 27.7 Å². The summed E-state index contributed by atoms with van der Waals surface area (Å²) in [5, 5.41) is 7.55. The van der Waals surface area contributed by atoms with Crippen molar-refractivity contribution in [1.82, 2.24) is 0 Å². The Morgan fingerprint density at radius 2 is 1.32 bits per heavy atom. The van der Waals surface area contributed by atoms with Crippen molar-refractivity contribution >= 4 is 94.8 Å². The van der Waals surface area contributed by atoms with E-state index in [1.807, 2.05) is 63.3 Å². The molecule has 69 heavy (non-hydrogen) atoms. The molecule has 0 N–H and O–H groups in total. The van der Waals surface area contributed by atoms with Crippen LogP contribution in [0.3, 0.4) is 0 Å². The van der Waals surface area contributed by atoms with Crippen LogP contribution in [0.5, 0.6) is 5.75 Å². The number of allylic oxidation sites excluding steroid dienone is 7. The fourth-order valence-corrected chi connectivity index (χ4v) is 19.2. The first-order valence-electron chi connectivity index (χ1n) is 23.6. The summed E-state index contributed by atoms with van der Waals surface area (Å²) in [4.78, 5) is 7.64. The fraction of sp³-hybridized carbons (Fsp3) is 0.217. The van der Waals surface area contributed by atoms with E-state index in [1.54, 1.807) is 0 Å². The number of rotatable bonds is 17. The molecule has 1 fully saturated rings. The molecule has 5 heterocycles. The van der Waals surface area contributed by atoms with Gasteiger partial charge in [0, 0.05) is 25.6 Å². The Balaban J connectivity index is 1.14. The predicted molar refractivity (Wildman–Crippen MR) is 300 cm³/mol. The molecule has 0 amide bonds. The maximum atomic E-state index is 6.84. The van der Waals surface area contributed by atoms with Gasteiger partial charge >= 0.3 is 280 Å². The van der Waals surface area contributed by atoms with E-state index >= 15 is 0 Å². The first-order chi connectivity index (χ1) is 33.7. The van der Waals surface area contributed by atoms with Crippen molar-refractivity contribution in [2.24, 2.45) is 5.92 Å². The predicted octanol–water partition coefficient (Wildman–Crippen LogP) is 16.3. The summed E-state index contributed by atoms with van der Waals surface area (Å²) in [6.07, 6.45) is 14.5. The third kappa shape index (κ3) is 10.6. The number of hydrogen-bond donors (Lipinski definition) is 0. The van der Waals surface area contributed by atoms with Gasteiger partial charge in [-0.15, -0.1) is 22.7 Å². The zero-order valence-corrected chi connectivity index (χ0v) is 46.6. The fourth-order valence-electron chi connectivity index (χ4n) is 8.84. The molecule has 4 aromatic heterocycles. The standard InChI is InChI=1S/C60H57O3PS4.Os/c1-8-20-49-29-31-54(65-49)56-34-51-53(39-62-41(5)6)59-52(58(60(51)68-56)63-36-40(3)4)35-57(67-59)55-32-30-50(66-55)28-19-21-44(33-45-38-61-37-43(45)9-2)42(7)64(46-22-13-10-14-23-46,47-24-15-11-16-25-47)48-26-17-12-18-27-48;/h8-27,29-35,40-41H,28,36-39H2,1-6H3;/q+1;/b20-8+,21-19+,43-9?,44-42?,45-33?;. The Morgan fingerprint density at radius 3 is 1.93 bits per heavy atom. The number of hydrogen-bond acceptors (Lipinski definition) is 7. The Kier molecular flexibility index (Phi) is 16.3. The van der Waals surface area contributed by atoms with Crippen LogP contribution in [-0.2, 0) is 40.5 Å². The summed E-state index contributed by atoms with van der Waals surface area (Å²) in [6.45, 7) is 15.3. The van der Waals surface area contributed by atoms with E-state index in [0.717, 1.165) is 12.2 Å². The van der Waals surface area contributed by atoms with Crippen molar-refractivity contribution in [3.05, 3.63) is 195 Å². The van der Waals surface area contributed by atoms with Crippen molar-refractivity contribution in [2.75, 3.05) is 19.8 Å². The van der Waals surface area contributed by atoms with Gasteiger partial charge in [0.1, 0.15) is 5.75 Å². The molecule has 0 radical (unpaired) electrons. The second-order valence-electron chi connectivity index (χ2n) is 17.7. The molecule has 1 aliphatic heterocycles. The van der Waals surface area contributed by atoms with Gasteiger partial charge < -0.3 is 9.47 Å². The average Bonchev–Trinajstić information content (AvgIpc) is 4.24. The zero-order valence-electron chi connectivity index (χ0n) is 39.9. The van der Waals surface area contributed by atoms with Crippen LogP contribution in [0, 0.1) is 10.3 Å². The second kappa shape index (κ2) is 22.7. The molecule has 4 aromatic carbocycles. The minimum atomic E-state index is -2.43. The molecule has 0 saturated carbocycles. The molecule has 9 heteroatoms. The molecule has 1 aliphatic rings. The van der Waals surface area contributed by atoms with Crippen molar-refractivity contribution in [3.63, 3.8) is 0 Å². The number of ether oxygens (including phenoxy) is 3. The zero-order chi connectivity index (χ0) is 47.9. The molecule has 0 bridgehead atoms. The van der Waals surface area contributed by atoms with E-state index < -0.39 is 7.26 Å². The van der Waals surface area contributed by atoms with Gasteiger partial charge in [0.05, 0.1) is 24.0 Å². The van der Waals surface area contributed by atoms with Crippen LogP contribution in [0.15, 0.2) is 180 Å². The summed E-state index contributed by atoms with van der Waals surface area (Å²) in [6, 6.07) is 47.1. The van der Waals surface area contributed by atoms with Crippen LogP contribution in [0.2, 0.25) is 0 Å². The summed E-state index contributed by atoms with van der Waals surface area (Å²) < 4.78 is 25.7. The van der Waals surface area contributed by atoms with E-state index in [0.29, 0.717) is 32.3 Å². The van der Waals surface area contributed by atoms with E-state index in [-0.39, 0.29) is 6.10 Å². The number of fused-ring (bicyclic) bond motifs is 2. The van der Waals surface area contributed by atoms with Crippen LogP contribution in [0.4, 0.5) is 0 Å². The molecule has 8 aromatic rings. The molecule has 351 valence electrons. The Labute approximate surface area is 434 Å². The number of benzene rings is 4. The summed E-state index contributed by atoms with van der Waals surface area (Å²) in [7, 11) is -2.43. The molecule has 3 nitrogen and oxygen atoms in total. The van der Waals surface area contributed by atoms with E-state index in [4.69, 9.17) is 14.2 Å². The van der Waals surface area contributed by atoms with Gasteiger partial charge in [0.15, 0.2) is 0 Å². The number of thiophene rings is 4. The molecule has 0 aliphatic carbocycles. The van der Waals surface area contributed by atoms with Gasteiger partial charge in [-0.3, -0.25) is 0 Å². The van der Waals surface area contributed by atoms with Gasteiger partial charge in [-0.1, -0.05) is 19.9 Å². The summed E-state index contributed by atoms with van der Waals surface area (Å²) in [5.74, 6) is 1.39. The molecular formula is C60H57O3OsPS4+. The third-order valence-electron chi connectivity index (χ3n) is 12.1. The maximum absolute atomic E-state index is 6.84. The normalized spacial score (nSPS) is 15.0. The first kappa shape index (κ1) is 49.4. The van der Waals surface area contributed by atoms with Crippen molar-refractivity contribution in [1.29, 1.82) is 0 Å². The quantitative estimate of drug-likeness (QED) is 0.0672.